The number of halogens is 4. The van der Waals surface area contributed by atoms with Gasteiger partial charge < -0.3 is 24.0 Å². The summed E-state index contributed by atoms with van der Waals surface area (Å²) in [6.07, 6.45) is -0.458. The number of carbonyl (C=O) groups is 1. The molecule has 4 rings (SSSR count). The predicted octanol–water partition coefficient (Wildman–Crippen LogP) is 5.04. The second-order valence-electron chi connectivity index (χ2n) is 9.57. The highest BCUT2D eigenvalue weighted by Gasteiger charge is 2.49. The SMILES string of the molecule is COc1ccc(CCN(C)C(=O)c2ccc(Cl)c(N3CC(C(F)(F)F)N(c4ccn(C)c4)CC3C)n2)cc1. The molecule has 204 valence electrons. The van der Waals surface area contributed by atoms with Gasteiger partial charge in [0.2, 0.25) is 0 Å². The van der Waals surface area contributed by atoms with Gasteiger partial charge in [-0.15, -0.1) is 0 Å². The molecule has 1 aliphatic rings. The Kier molecular flexibility index (Phi) is 8.10. The van der Waals surface area contributed by atoms with Crippen LogP contribution in [-0.4, -0.2) is 72.4 Å². The Morgan fingerprint density at radius 2 is 1.84 bits per heavy atom. The third-order valence-electron chi connectivity index (χ3n) is 6.82. The van der Waals surface area contributed by atoms with Crippen LogP contribution in [0, 0.1) is 0 Å². The molecule has 2 atom stereocenters. The Morgan fingerprint density at radius 3 is 2.45 bits per heavy atom. The lowest BCUT2D eigenvalue weighted by Gasteiger charge is -2.47. The topological polar surface area (TPSA) is 53.8 Å². The fourth-order valence-electron chi connectivity index (χ4n) is 4.63. The predicted molar refractivity (Wildman–Crippen MR) is 142 cm³/mol. The van der Waals surface area contributed by atoms with Gasteiger partial charge in [0.15, 0.2) is 0 Å². The molecule has 11 heteroatoms. The summed E-state index contributed by atoms with van der Waals surface area (Å²) < 4.78 is 49.4. The Labute approximate surface area is 225 Å². The maximum Gasteiger partial charge on any atom is 0.410 e. The van der Waals surface area contributed by atoms with E-state index < -0.39 is 12.2 Å². The highest BCUT2D eigenvalue weighted by molar-refractivity contribution is 6.33. The van der Waals surface area contributed by atoms with Gasteiger partial charge in [0, 0.05) is 52.2 Å². The van der Waals surface area contributed by atoms with Crippen LogP contribution in [0.2, 0.25) is 5.02 Å². The zero-order chi connectivity index (χ0) is 27.6. The summed E-state index contributed by atoms with van der Waals surface area (Å²) in [4.78, 5) is 22.1. The van der Waals surface area contributed by atoms with Crippen molar-refractivity contribution in [3.63, 3.8) is 0 Å². The van der Waals surface area contributed by atoms with Crippen molar-refractivity contribution in [2.75, 3.05) is 43.6 Å². The number of aromatic nitrogens is 2. The van der Waals surface area contributed by atoms with E-state index in [9.17, 15) is 18.0 Å². The number of ether oxygens (including phenoxy) is 1. The molecule has 1 aromatic carbocycles. The van der Waals surface area contributed by atoms with Crippen molar-refractivity contribution >= 4 is 29.0 Å². The zero-order valence-electron chi connectivity index (χ0n) is 21.7. The van der Waals surface area contributed by atoms with E-state index in [1.54, 1.807) is 54.0 Å². The van der Waals surface area contributed by atoms with Crippen LogP contribution in [0.25, 0.3) is 0 Å². The van der Waals surface area contributed by atoms with Crippen LogP contribution in [0.4, 0.5) is 24.7 Å². The second-order valence-corrected chi connectivity index (χ2v) is 9.98. The minimum Gasteiger partial charge on any atom is -0.497 e. The molecule has 38 heavy (non-hydrogen) atoms. The monoisotopic (exact) mass is 549 g/mol. The highest BCUT2D eigenvalue weighted by Crippen LogP contribution is 2.36. The van der Waals surface area contributed by atoms with Gasteiger partial charge in [-0.05, 0) is 49.2 Å². The minimum atomic E-state index is -4.48. The van der Waals surface area contributed by atoms with Crippen LogP contribution in [0.15, 0.2) is 54.9 Å². The summed E-state index contributed by atoms with van der Waals surface area (Å²) in [6.45, 7) is 2.02. The first-order valence-electron chi connectivity index (χ1n) is 12.2. The molecule has 7 nitrogen and oxygen atoms in total. The van der Waals surface area contributed by atoms with Gasteiger partial charge in [-0.1, -0.05) is 23.7 Å². The average molecular weight is 550 g/mol. The summed E-state index contributed by atoms with van der Waals surface area (Å²) in [5.41, 5.74) is 1.67. The van der Waals surface area contributed by atoms with Crippen molar-refractivity contribution in [2.45, 2.75) is 31.6 Å². The van der Waals surface area contributed by atoms with E-state index in [4.69, 9.17) is 16.3 Å². The quantitative estimate of drug-likeness (QED) is 0.413. The number of hydrogen-bond acceptors (Lipinski definition) is 5. The number of piperazine rings is 1. The molecule has 1 fully saturated rings. The van der Waals surface area contributed by atoms with Gasteiger partial charge >= 0.3 is 6.18 Å². The van der Waals surface area contributed by atoms with Gasteiger partial charge in [0.1, 0.15) is 23.3 Å². The van der Waals surface area contributed by atoms with Crippen LogP contribution >= 0.6 is 11.6 Å². The first kappa shape index (κ1) is 27.6. The smallest absolute Gasteiger partial charge is 0.410 e. The van der Waals surface area contributed by atoms with E-state index in [1.165, 1.54) is 17.0 Å². The molecule has 0 N–H and O–H groups in total. The maximum absolute atomic E-state index is 14.2. The lowest BCUT2D eigenvalue weighted by Crippen LogP contribution is -2.62. The summed E-state index contributed by atoms with van der Waals surface area (Å²) in [7, 11) is 5.04. The molecule has 1 aliphatic heterocycles. The zero-order valence-corrected chi connectivity index (χ0v) is 22.5. The number of benzene rings is 1. The Bertz CT molecular complexity index is 1260. The standard InChI is InChI=1S/C27H31ClF3N5O2/c1-18-15-36(20-12-13-33(2)16-20)24(27(29,30)31)17-35(18)25-22(28)9-10-23(32-25)26(37)34(3)14-11-19-5-7-21(38-4)8-6-19/h5-10,12-13,16,18,24H,11,14-15,17H2,1-4H3. The van der Waals surface area contributed by atoms with Crippen LogP contribution in [0.3, 0.4) is 0 Å². The molecule has 1 saturated heterocycles. The van der Waals surface area contributed by atoms with Gasteiger partial charge in [-0.25, -0.2) is 4.98 Å². The lowest BCUT2D eigenvalue weighted by atomic mass is 10.1. The molecule has 0 radical (unpaired) electrons. The molecule has 0 bridgehead atoms. The third kappa shape index (κ3) is 6.01. The highest BCUT2D eigenvalue weighted by atomic mass is 35.5. The van der Waals surface area contributed by atoms with Crippen LogP contribution in [-0.2, 0) is 13.5 Å². The van der Waals surface area contributed by atoms with Crippen molar-refractivity contribution in [3.8, 4) is 5.75 Å². The van der Waals surface area contributed by atoms with Crippen molar-refractivity contribution in [1.82, 2.24) is 14.5 Å². The van der Waals surface area contributed by atoms with E-state index in [2.05, 4.69) is 4.98 Å². The van der Waals surface area contributed by atoms with E-state index in [0.717, 1.165) is 11.3 Å². The maximum atomic E-state index is 14.2. The van der Waals surface area contributed by atoms with Gasteiger partial charge in [-0.2, -0.15) is 13.2 Å². The van der Waals surface area contributed by atoms with E-state index in [0.29, 0.717) is 18.7 Å². The van der Waals surface area contributed by atoms with Crippen molar-refractivity contribution < 1.29 is 22.7 Å². The molecule has 0 spiro atoms. The first-order valence-corrected chi connectivity index (χ1v) is 12.6. The molecule has 0 saturated carbocycles. The lowest BCUT2D eigenvalue weighted by molar-refractivity contribution is -0.148. The van der Waals surface area contributed by atoms with Crippen molar-refractivity contribution in [1.29, 1.82) is 0 Å². The number of hydrogen-bond donors (Lipinski definition) is 0. The van der Waals surface area contributed by atoms with E-state index >= 15 is 0 Å². The van der Waals surface area contributed by atoms with Crippen LogP contribution < -0.4 is 14.5 Å². The number of alkyl halides is 3. The van der Waals surface area contributed by atoms with Crippen molar-refractivity contribution in [3.05, 3.63) is 71.1 Å². The molecule has 2 aromatic heterocycles. The molecule has 3 heterocycles. The molecule has 3 aromatic rings. The number of anilines is 2. The number of carbonyl (C=O) groups excluding carboxylic acids is 1. The summed E-state index contributed by atoms with van der Waals surface area (Å²) >= 11 is 6.43. The molecular formula is C27H31ClF3N5O2. The summed E-state index contributed by atoms with van der Waals surface area (Å²) in [5.74, 6) is 0.595. The first-order chi connectivity index (χ1) is 18.0. The number of methoxy groups -OCH3 is 1. The number of nitrogens with zero attached hydrogens (tertiary/aromatic N) is 5. The Morgan fingerprint density at radius 1 is 1.13 bits per heavy atom. The van der Waals surface area contributed by atoms with Crippen LogP contribution in [0.5, 0.6) is 5.75 Å². The third-order valence-corrected chi connectivity index (χ3v) is 7.12. The number of likely N-dealkylation sites (N-methyl/N-ethyl adjacent to an activating group) is 1. The van der Waals surface area contributed by atoms with Gasteiger partial charge in [0.25, 0.3) is 5.91 Å². The fraction of sp³-hybridized carbons (Fsp3) is 0.407. The number of pyridine rings is 1. The molecule has 0 aliphatic carbocycles. The minimum absolute atomic E-state index is 0.117. The number of amides is 1. The van der Waals surface area contributed by atoms with E-state index in [1.807, 2.05) is 31.2 Å². The Balaban J connectivity index is 1.52. The molecular weight excluding hydrogens is 519 g/mol. The number of aryl methyl sites for hydroxylation is 1. The largest absolute Gasteiger partial charge is 0.497 e. The number of rotatable bonds is 7. The van der Waals surface area contributed by atoms with Gasteiger partial charge in [-0.3, -0.25) is 4.79 Å². The average Bonchev–Trinajstić information content (AvgIpc) is 3.33. The normalized spacial score (nSPS) is 18.0. The fourth-order valence-corrected chi connectivity index (χ4v) is 4.85. The van der Waals surface area contributed by atoms with Crippen molar-refractivity contribution in [2.24, 2.45) is 7.05 Å². The summed E-state index contributed by atoms with van der Waals surface area (Å²) in [6, 6.07) is 10.2. The van der Waals surface area contributed by atoms with Crippen LogP contribution in [0.1, 0.15) is 23.0 Å². The van der Waals surface area contributed by atoms with E-state index in [-0.39, 0.29) is 41.6 Å². The Hall–Kier alpha value is -3.40. The summed E-state index contributed by atoms with van der Waals surface area (Å²) in [5, 5.41) is 0.198. The van der Waals surface area contributed by atoms with Gasteiger partial charge in [0.05, 0.1) is 17.8 Å². The molecule has 1 amide bonds. The second kappa shape index (κ2) is 11.1. The molecule has 2 unspecified atom stereocenters.